The van der Waals surface area contributed by atoms with Crippen molar-refractivity contribution >= 4 is 15.7 Å². The fourth-order valence-electron chi connectivity index (χ4n) is 2.23. The van der Waals surface area contributed by atoms with E-state index in [0.29, 0.717) is 18.0 Å². The van der Waals surface area contributed by atoms with Crippen LogP contribution in [0.4, 0.5) is 5.69 Å². The van der Waals surface area contributed by atoms with Crippen LogP contribution in [0.2, 0.25) is 0 Å². The Bertz CT molecular complexity index is 887. The van der Waals surface area contributed by atoms with Gasteiger partial charge >= 0.3 is 0 Å². The van der Waals surface area contributed by atoms with E-state index in [2.05, 4.69) is 14.9 Å². The minimum atomic E-state index is -3.64. The lowest BCUT2D eigenvalue weighted by Gasteiger charge is -2.09. The summed E-state index contributed by atoms with van der Waals surface area (Å²) in [5, 5.41) is 6.76. The number of hydrogen-bond donors (Lipinski definition) is 2. The maximum atomic E-state index is 12.4. The molecule has 2 aromatic carbocycles. The highest BCUT2D eigenvalue weighted by molar-refractivity contribution is 7.92. The monoisotopic (exact) mass is 343 g/mol. The lowest BCUT2D eigenvalue weighted by Crippen LogP contribution is -2.12. The third-order valence-corrected chi connectivity index (χ3v) is 4.79. The van der Waals surface area contributed by atoms with Gasteiger partial charge in [0.15, 0.2) is 0 Å². The van der Waals surface area contributed by atoms with Crippen LogP contribution < -0.4 is 9.46 Å². The van der Waals surface area contributed by atoms with Crippen molar-refractivity contribution in [1.29, 1.82) is 0 Å². The van der Waals surface area contributed by atoms with E-state index in [4.69, 9.17) is 4.74 Å². The number of ether oxygens (including phenoxy) is 1. The molecule has 0 fully saturated rings. The number of aromatic amines is 1. The second kappa shape index (κ2) is 6.76. The Morgan fingerprint density at radius 3 is 2.33 bits per heavy atom. The summed E-state index contributed by atoms with van der Waals surface area (Å²) < 4.78 is 32.7. The summed E-state index contributed by atoms with van der Waals surface area (Å²) in [6.45, 7) is 2.41. The fraction of sp³-hybridized carbons (Fsp3) is 0.118. The molecule has 0 amide bonds. The van der Waals surface area contributed by atoms with Gasteiger partial charge in [0.05, 0.1) is 17.2 Å². The van der Waals surface area contributed by atoms with E-state index in [1.54, 1.807) is 30.5 Å². The highest BCUT2D eigenvalue weighted by atomic mass is 32.2. The van der Waals surface area contributed by atoms with Crippen molar-refractivity contribution in [2.24, 2.45) is 0 Å². The van der Waals surface area contributed by atoms with Crippen LogP contribution in [-0.2, 0) is 10.0 Å². The normalized spacial score (nSPS) is 11.2. The summed E-state index contributed by atoms with van der Waals surface area (Å²) in [5.74, 6) is 0.639. The Morgan fingerprint density at radius 1 is 1.04 bits per heavy atom. The maximum Gasteiger partial charge on any atom is 0.261 e. The Balaban J connectivity index is 1.76. The van der Waals surface area contributed by atoms with Gasteiger partial charge in [-0.05, 0) is 55.0 Å². The van der Waals surface area contributed by atoms with Crippen molar-refractivity contribution < 1.29 is 13.2 Å². The molecule has 0 atom stereocenters. The SMILES string of the molecule is CCOc1ccc(S(=O)(=O)Nc2ccc(-c3ccn[nH]3)cc2)cc1. The molecule has 0 aliphatic carbocycles. The molecule has 0 spiro atoms. The van der Waals surface area contributed by atoms with Gasteiger partial charge in [0.1, 0.15) is 5.75 Å². The highest BCUT2D eigenvalue weighted by Gasteiger charge is 2.14. The number of rotatable bonds is 6. The molecule has 7 heteroatoms. The van der Waals surface area contributed by atoms with E-state index in [1.807, 2.05) is 25.1 Å². The number of anilines is 1. The number of nitrogens with one attached hydrogen (secondary N) is 2. The van der Waals surface area contributed by atoms with Crippen molar-refractivity contribution in [3.63, 3.8) is 0 Å². The number of hydrogen-bond acceptors (Lipinski definition) is 4. The molecule has 1 heterocycles. The van der Waals surface area contributed by atoms with Gasteiger partial charge in [-0.25, -0.2) is 8.42 Å². The van der Waals surface area contributed by atoms with Gasteiger partial charge in [-0.2, -0.15) is 5.10 Å². The first-order chi connectivity index (χ1) is 11.6. The number of H-pyrrole nitrogens is 1. The van der Waals surface area contributed by atoms with Gasteiger partial charge in [0, 0.05) is 11.9 Å². The van der Waals surface area contributed by atoms with Crippen LogP contribution in [-0.4, -0.2) is 25.2 Å². The summed E-state index contributed by atoms with van der Waals surface area (Å²) >= 11 is 0. The second-order valence-electron chi connectivity index (χ2n) is 5.06. The zero-order valence-corrected chi connectivity index (χ0v) is 13.9. The molecule has 0 aliphatic rings. The molecule has 0 saturated heterocycles. The predicted molar refractivity (Wildman–Crippen MR) is 92.4 cm³/mol. The van der Waals surface area contributed by atoms with E-state index < -0.39 is 10.0 Å². The molecule has 1 aromatic heterocycles. The topological polar surface area (TPSA) is 84.1 Å². The molecular weight excluding hydrogens is 326 g/mol. The van der Waals surface area contributed by atoms with Crippen LogP contribution in [0.25, 0.3) is 11.3 Å². The van der Waals surface area contributed by atoms with Crippen LogP contribution in [0.1, 0.15) is 6.92 Å². The third kappa shape index (κ3) is 3.57. The van der Waals surface area contributed by atoms with Crippen LogP contribution in [0.3, 0.4) is 0 Å². The molecule has 2 N–H and O–H groups in total. The van der Waals surface area contributed by atoms with E-state index in [0.717, 1.165) is 11.3 Å². The highest BCUT2D eigenvalue weighted by Crippen LogP contribution is 2.22. The van der Waals surface area contributed by atoms with E-state index >= 15 is 0 Å². The first kappa shape index (κ1) is 16.1. The van der Waals surface area contributed by atoms with Crippen LogP contribution in [0.15, 0.2) is 65.7 Å². The van der Waals surface area contributed by atoms with Crippen LogP contribution in [0.5, 0.6) is 5.75 Å². The van der Waals surface area contributed by atoms with E-state index in [9.17, 15) is 8.42 Å². The van der Waals surface area contributed by atoms with Crippen molar-refractivity contribution in [2.45, 2.75) is 11.8 Å². The van der Waals surface area contributed by atoms with Crippen LogP contribution >= 0.6 is 0 Å². The third-order valence-electron chi connectivity index (χ3n) is 3.39. The second-order valence-corrected chi connectivity index (χ2v) is 6.74. The van der Waals surface area contributed by atoms with Crippen LogP contribution in [0, 0.1) is 0 Å². The number of sulfonamides is 1. The molecule has 124 valence electrons. The summed E-state index contributed by atoms with van der Waals surface area (Å²) in [6.07, 6.45) is 1.66. The Morgan fingerprint density at radius 2 is 1.75 bits per heavy atom. The maximum absolute atomic E-state index is 12.4. The lowest BCUT2D eigenvalue weighted by molar-refractivity contribution is 0.340. The molecule has 24 heavy (non-hydrogen) atoms. The summed E-state index contributed by atoms with van der Waals surface area (Å²) in [6, 6.07) is 15.2. The van der Waals surface area contributed by atoms with E-state index in [-0.39, 0.29) is 4.90 Å². The molecule has 3 aromatic rings. The van der Waals surface area contributed by atoms with Crippen molar-refractivity contribution in [1.82, 2.24) is 10.2 Å². The lowest BCUT2D eigenvalue weighted by atomic mass is 10.1. The molecule has 0 radical (unpaired) electrons. The molecule has 0 bridgehead atoms. The molecule has 0 aliphatic heterocycles. The molecule has 6 nitrogen and oxygen atoms in total. The minimum Gasteiger partial charge on any atom is -0.494 e. The smallest absolute Gasteiger partial charge is 0.261 e. The van der Waals surface area contributed by atoms with Gasteiger partial charge in [0.2, 0.25) is 0 Å². The minimum absolute atomic E-state index is 0.184. The zero-order chi connectivity index (χ0) is 17.0. The molecule has 0 unspecified atom stereocenters. The molecular formula is C17H17N3O3S. The number of aromatic nitrogens is 2. The number of benzene rings is 2. The standard InChI is InChI=1S/C17H17N3O3S/c1-2-23-15-7-9-16(10-8-15)24(21,22)20-14-5-3-13(4-6-14)17-11-12-18-19-17/h3-12,20H,2H2,1H3,(H,18,19). The fourth-order valence-corrected chi connectivity index (χ4v) is 3.29. The quantitative estimate of drug-likeness (QED) is 0.719. The molecule has 3 rings (SSSR count). The van der Waals surface area contributed by atoms with Crippen molar-refractivity contribution in [2.75, 3.05) is 11.3 Å². The Kier molecular flexibility index (Phi) is 4.52. The average Bonchev–Trinajstić information content (AvgIpc) is 3.10. The number of nitrogens with zero attached hydrogens (tertiary/aromatic N) is 1. The van der Waals surface area contributed by atoms with Gasteiger partial charge in [-0.1, -0.05) is 12.1 Å². The van der Waals surface area contributed by atoms with Gasteiger partial charge in [0.25, 0.3) is 10.0 Å². The average molecular weight is 343 g/mol. The Hall–Kier alpha value is -2.80. The Labute approximate surface area is 140 Å². The first-order valence-corrected chi connectivity index (χ1v) is 8.92. The van der Waals surface area contributed by atoms with Crippen molar-refractivity contribution in [3.8, 4) is 17.0 Å². The zero-order valence-electron chi connectivity index (χ0n) is 13.1. The summed E-state index contributed by atoms with van der Waals surface area (Å²) in [4.78, 5) is 0.184. The van der Waals surface area contributed by atoms with Gasteiger partial charge in [-0.15, -0.1) is 0 Å². The summed E-state index contributed by atoms with van der Waals surface area (Å²) in [7, 11) is -3.64. The summed E-state index contributed by atoms with van der Waals surface area (Å²) in [5.41, 5.74) is 2.29. The van der Waals surface area contributed by atoms with E-state index in [1.165, 1.54) is 12.1 Å². The predicted octanol–water partition coefficient (Wildman–Crippen LogP) is 3.28. The van der Waals surface area contributed by atoms with Crippen molar-refractivity contribution in [3.05, 3.63) is 60.8 Å². The molecule has 0 saturated carbocycles. The largest absolute Gasteiger partial charge is 0.494 e. The first-order valence-electron chi connectivity index (χ1n) is 7.44. The van der Waals surface area contributed by atoms with Gasteiger partial charge < -0.3 is 4.74 Å². The van der Waals surface area contributed by atoms with Gasteiger partial charge in [-0.3, -0.25) is 9.82 Å².